The van der Waals surface area contributed by atoms with Gasteiger partial charge in [-0.05, 0) is 42.9 Å². The van der Waals surface area contributed by atoms with E-state index in [0.29, 0.717) is 18.0 Å². The van der Waals surface area contributed by atoms with Crippen LogP contribution in [0.2, 0.25) is 0 Å². The van der Waals surface area contributed by atoms with Crippen molar-refractivity contribution in [2.45, 2.75) is 31.3 Å². The van der Waals surface area contributed by atoms with E-state index < -0.39 is 0 Å². The van der Waals surface area contributed by atoms with Crippen molar-refractivity contribution in [3.8, 4) is 5.75 Å². The maximum Gasteiger partial charge on any atom is 0.310 e. The number of esters is 1. The van der Waals surface area contributed by atoms with Crippen molar-refractivity contribution in [2.24, 2.45) is 11.8 Å². The lowest BCUT2D eigenvalue weighted by Gasteiger charge is -2.50. The predicted molar refractivity (Wildman–Crippen MR) is 88.1 cm³/mol. The SMILES string of the molecule is COC(=O)C1C2CC3CCC1N3C/C2=C\c1ccc(OC)cc1. The number of carbonyl (C=O) groups is 1. The molecule has 0 spiro atoms. The van der Waals surface area contributed by atoms with Crippen LogP contribution in [0.1, 0.15) is 24.8 Å². The molecule has 4 saturated heterocycles. The fourth-order valence-electron chi connectivity index (χ4n) is 4.79. The van der Waals surface area contributed by atoms with Gasteiger partial charge in [0.1, 0.15) is 5.75 Å². The first-order valence-electron chi connectivity index (χ1n) is 8.39. The van der Waals surface area contributed by atoms with E-state index in [9.17, 15) is 4.79 Å². The summed E-state index contributed by atoms with van der Waals surface area (Å²) in [5.41, 5.74) is 2.55. The van der Waals surface area contributed by atoms with E-state index in [2.05, 4.69) is 23.1 Å². The number of ether oxygens (including phenoxy) is 2. The maximum absolute atomic E-state index is 12.3. The second-order valence-corrected chi connectivity index (χ2v) is 6.85. The Labute approximate surface area is 137 Å². The highest BCUT2D eigenvalue weighted by Gasteiger charge is 2.55. The molecule has 0 N–H and O–H groups in total. The normalized spacial score (nSPS) is 36.3. The Balaban J connectivity index is 1.65. The van der Waals surface area contributed by atoms with E-state index in [1.807, 2.05) is 12.1 Å². The quantitative estimate of drug-likeness (QED) is 0.804. The van der Waals surface area contributed by atoms with Crippen molar-refractivity contribution >= 4 is 12.0 Å². The summed E-state index contributed by atoms with van der Waals surface area (Å²) in [6, 6.07) is 9.17. The number of piperidine rings is 3. The molecular weight excluding hydrogens is 290 g/mol. The lowest BCUT2D eigenvalue weighted by Crippen LogP contribution is -2.58. The molecule has 4 bridgehead atoms. The molecule has 0 radical (unpaired) electrons. The Kier molecular flexibility index (Phi) is 3.64. The number of fused-ring (bicyclic) bond motifs is 1. The van der Waals surface area contributed by atoms with E-state index in [4.69, 9.17) is 9.47 Å². The smallest absolute Gasteiger partial charge is 0.310 e. The summed E-state index contributed by atoms with van der Waals surface area (Å²) in [6.07, 6.45) is 5.71. The second-order valence-electron chi connectivity index (χ2n) is 6.85. The Hall–Kier alpha value is -1.81. The summed E-state index contributed by atoms with van der Waals surface area (Å²) < 4.78 is 10.3. The van der Waals surface area contributed by atoms with Crippen LogP contribution in [0.5, 0.6) is 5.75 Å². The van der Waals surface area contributed by atoms with Gasteiger partial charge in [-0.25, -0.2) is 0 Å². The van der Waals surface area contributed by atoms with Crippen LogP contribution in [0.3, 0.4) is 0 Å². The van der Waals surface area contributed by atoms with Gasteiger partial charge in [0.2, 0.25) is 0 Å². The molecule has 122 valence electrons. The van der Waals surface area contributed by atoms with Gasteiger partial charge >= 0.3 is 5.97 Å². The minimum atomic E-state index is -0.0364. The van der Waals surface area contributed by atoms with Crippen molar-refractivity contribution in [3.63, 3.8) is 0 Å². The van der Waals surface area contributed by atoms with Crippen molar-refractivity contribution in [2.75, 3.05) is 20.8 Å². The Morgan fingerprint density at radius 2 is 2.00 bits per heavy atom. The molecule has 4 heterocycles. The standard InChI is InChI=1S/C19H23NO3/c1-22-15-6-3-12(4-7-15)9-13-11-20-14-5-8-17(20)18(16(13)10-14)19(21)23-2/h3-4,6-7,9,14,16-18H,5,8,10-11H2,1-2H3/b13-9+. The molecule has 23 heavy (non-hydrogen) atoms. The predicted octanol–water partition coefficient (Wildman–Crippen LogP) is 2.73. The molecular formula is C19H23NO3. The molecule has 5 atom stereocenters. The molecule has 4 heteroatoms. The maximum atomic E-state index is 12.3. The third-order valence-electron chi connectivity index (χ3n) is 5.85. The highest BCUT2D eigenvalue weighted by Crippen LogP contribution is 2.50. The first-order valence-corrected chi connectivity index (χ1v) is 8.39. The zero-order valence-electron chi connectivity index (χ0n) is 13.7. The number of hydrogen-bond acceptors (Lipinski definition) is 4. The lowest BCUT2D eigenvalue weighted by atomic mass is 9.71. The van der Waals surface area contributed by atoms with Crippen molar-refractivity contribution in [1.82, 2.24) is 4.90 Å². The monoisotopic (exact) mass is 313 g/mol. The number of hydrogen-bond donors (Lipinski definition) is 0. The van der Waals surface area contributed by atoms with E-state index in [0.717, 1.165) is 25.1 Å². The number of rotatable bonds is 3. The summed E-state index contributed by atoms with van der Waals surface area (Å²) >= 11 is 0. The van der Waals surface area contributed by atoms with Crippen molar-refractivity contribution in [3.05, 3.63) is 35.4 Å². The molecule has 5 unspecified atom stereocenters. The summed E-state index contributed by atoms with van der Waals surface area (Å²) in [4.78, 5) is 14.9. The van der Waals surface area contributed by atoms with Crippen LogP contribution >= 0.6 is 0 Å². The number of benzene rings is 1. The highest BCUT2D eigenvalue weighted by molar-refractivity contribution is 5.75. The number of carbonyl (C=O) groups excluding carboxylic acids is 1. The van der Waals surface area contributed by atoms with Gasteiger partial charge < -0.3 is 9.47 Å². The molecule has 0 saturated carbocycles. The molecule has 0 amide bonds. The van der Waals surface area contributed by atoms with Gasteiger partial charge in [0.15, 0.2) is 0 Å². The molecule has 4 aliphatic heterocycles. The third-order valence-corrected chi connectivity index (χ3v) is 5.85. The Morgan fingerprint density at radius 3 is 2.70 bits per heavy atom. The fourth-order valence-corrected chi connectivity index (χ4v) is 4.79. The van der Waals surface area contributed by atoms with Gasteiger partial charge in [-0.15, -0.1) is 0 Å². The summed E-state index contributed by atoms with van der Waals surface area (Å²) in [6.45, 7) is 1.000. The molecule has 0 aliphatic carbocycles. The highest BCUT2D eigenvalue weighted by atomic mass is 16.5. The molecule has 1 aromatic carbocycles. The first-order chi connectivity index (χ1) is 11.2. The van der Waals surface area contributed by atoms with E-state index in [-0.39, 0.29) is 11.9 Å². The third kappa shape index (κ3) is 2.36. The van der Waals surface area contributed by atoms with Crippen LogP contribution in [-0.2, 0) is 9.53 Å². The van der Waals surface area contributed by atoms with Crippen LogP contribution in [0.4, 0.5) is 0 Å². The largest absolute Gasteiger partial charge is 0.497 e. The Bertz CT molecular complexity index is 637. The van der Waals surface area contributed by atoms with E-state index >= 15 is 0 Å². The first kappa shape index (κ1) is 14.8. The minimum absolute atomic E-state index is 0.0111. The molecule has 4 nitrogen and oxygen atoms in total. The van der Waals surface area contributed by atoms with Crippen LogP contribution in [0.25, 0.3) is 6.08 Å². The topological polar surface area (TPSA) is 38.8 Å². The van der Waals surface area contributed by atoms with Crippen LogP contribution in [-0.4, -0.2) is 43.7 Å². The van der Waals surface area contributed by atoms with Crippen LogP contribution in [0, 0.1) is 11.8 Å². The van der Waals surface area contributed by atoms with Gasteiger partial charge in [-0.3, -0.25) is 9.69 Å². The Morgan fingerprint density at radius 1 is 1.22 bits per heavy atom. The fraction of sp³-hybridized carbons (Fsp3) is 0.526. The minimum Gasteiger partial charge on any atom is -0.497 e. The van der Waals surface area contributed by atoms with Crippen LogP contribution in [0.15, 0.2) is 29.8 Å². The average molecular weight is 313 g/mol. The summed E-state index contributed by atoms with van der Waals surface area (Å²) in [7, 11) is 3.19. The second kappa shape index (κ2) is 5.68. The van der Waals surface area contributed by atoms with Gasteiger partial charge in [0, 0.05) is 18.6 Å². The summed E-state index contributed by atoms with van der Waals surface area (Å²) in [5.74, 6) is 1.18. The number of methoxy groups -OCH3 is 2. The average Bonchev–Trinajstić information content (AvgIpc) is 2.90. The van der Waals surface area contributed by atoms with E-state index in [1.54, 1.807) is 7.11 Å². The molecule has 5 rings (SSSR count). The van der Waals surface area contributed by atoms with Crippen molar-refractivity contribution in [1.29, 1.82) is 0 Å². The summed E-state index contributed by atoms with van der Waals surface area (Å²) in [5, 5.41) is 0. The van der Waals surface area contributed by atoms with Crippen molar-refractivity contribution < 1.29 is 14.3 Å². The number of nitrogens with zero attached hydrogens (tertiary/aromatic N) is 1. The van der Waals surface area contributed by atoms with Gasteiger partial charge in [0.25, 0.3) is 0 Å². The zero-order valence-corrected chi connectivity index (χ0v) is 13.7. The zero-order chi connectivity index (χ0) is 16.0. The van der Waals surface area contributed by atoms with Gasteiger partial charge in [-0.2, -0.15) is 0 Å². The molecule has 0 aromatic heterocycles. The molecule has 1 aromatic rings. The van der Waals surface area contributed by atoms with E-state index in [1.165, 1.54) is 24.7 Å². The van der Waals surface area contributed by atoms with Gasteiger partial charge in [-0.1, -0.05) is 23.8 Å². The van der Waals surface area contributed by atoms with Crippen LogP contribution < -0.4 is 4.74 Å². The lowest BCUT2D eigenvalue weighted by molar-refractivity contribution is -0.153. The molecule has 4 aliphatic rings. The molecule has 4 fully saturated rings. The van der Waals surface area contributed by atoms with Gasteiger partial charge in [0.05, 0.1) is 20.1 Å².